The molecule has 0 aromatic heterocycles. The Labute approximate surface area is 140 Å². The van der Waals surface area contributed by atoms with E-state index in [0.717, 1.165) is 27.8 Å². The van der Waals surface area contributed by atoms with Crippen LogP contribution in [0.25, 0.3) is 0 Å². The van der Waals surface area contributed by atoms with Crippen molar-refractivity contribution in [2.75, 3.05) is 5.32 Å². The summed E-state index contributed by atoms with van der Waals surface area (Å²) < 4.78 is 13.8. The molecule has 1 amide bonds. The first-order valence-corrected chi connectivity index (χ1v) is 7.66. The zero-order valence-electron chi connectivity index (χ0n) is 14.3. The van der Waals surface area contributed by atoms with Crippen molar-refractivity contribution in [2.24, 2.45) is 5.73 Å². The maximum atomic E-state index is 13.8. The maximum Gasteiger partial charge on any atom is 0.251 e. The van der Waals surface area contributed by atoms with Gasteiger partial charge in [0, 0.05) is 17.8 Å². The van der Waals surface area contributed by atoms with Crippen LogP contribution in [0, 0.1) is 26.6 Å². The van der Waals surface area contributed by atoms with Crippen molar-refractivity contribution >= 4 is 17.4 Å². The van der Waals surface area contributed by atoms with Crippen LogP contribution in [0.3, 0.4) is 0 Å². The number of hydrogen-bond donors (Lipinski definition) is 2. The van der Waals surface area contributed by atoms with Gasteiger partial charge in [-0.15, -0.1) is 0 Å². The van der Waals surface area contributed by atoms with Crippen LogP contribution in [0.4, 0.5) is 10.1 Å². The van der Waals surface area contributed by atoms with Gasteiger partial charge in [-0.25, -0.2) is 4.39 Å². The predicted octanol–water partition coefficient (Wildman–Crippen LogP) is 3.66. The number of amides is 1. The molecule has 0 spiro atoms. The lowest BCUT2D eigenvalue weighted by Gasteiger charge is -2.17. The van der Waals surface area contributed by atoms with Crippen LogP contribution in [-0.2, 0) is 6.54 Å². The van der Waals surface area contributed by atoms with Gasteiger partial charge >= 0.3 is 0 Å². The van der Waals surface area contributed by atoms with Crippen molar-refractivity contribution in [1.82, 2.24) is 0 Å². The van der Waals surface area contributed by atoms with E-state index in [1.54, 1.807) is 13.0 Å². The third kappa shape index (κ3) is 3.45. The largest absolute Gasteiger partial charge is 0.381 e. The molecule has 0 saturated carbocycles. The molecule has 0 aliphatic heterocycles. The molecule has 5 heteroatoms. The number of halogens is 1. The second kappa shape index (κ2) is 6.83. The summed E-state index contributed by atoms with van der Waals surface area (Å²) in [5.74, 6) is -1.42. The highest BCUT2D eigenvalue weighted by Crippen LogP contribution is 2.24. The van der Waals surface area contributed by atoms with E-state index in [4.69, 9.17) is 5.73 Å². The Morgan fingerprint density at radius 2 is 1.79 bits per heavy atom. The number of ketones is 1. The molecule has 0 saturated heterocycles. The number of hydrogen-bond acceptors (Lipinski definition) is 3. The first-order valence-electron chi connectivity index (χ1n) is 7.66. The van der Waals surface area contributed by atoms with Crippen molar-refractivity contribution in [3.05, 3.63) is 63.5 Å². The van der Waals surface area contributed by atoms with Gasteiger partial charge in [0.05, 0.1) is 5.56 Å². The lowest BCUT2D eigenvalue weighted by atomic mass is 9.91. The number of Topliss-reactive ketones (excluding diaryl/α,β-unsaturated/α-hetero) is 1. The van der Waals surface area contributed by atoms with Crippen LogP contribution < -0.4 is 11.1 Å². The minimum atomic E-state index is -0.796. The number of carbonyl (C=O) groups is 2. The van der Waals surface area contributed by atoms with E-state index < -0.39 is 11.7 Å². The normalized spacial score (nSPS) is 10.5. The SMILES string of the molecule is CC(=O)c1c(C)cc(C)c(CNc2ccc(C(N)=O)c(F)c2)c1C. The number of nitrogens with one attached hydrogen (secondary N) is 1. The van der Waals surface area contributed by atoms with Crippen LogP contribution in [0.15, 0.2) is 24.3 Å². The minimum Gasteiger partial charge on any atom is -0.381 e. The molecule has 4 nitrogen and oxygen atoms in total. The highest BCUT2D eigenvalue weighted by Gasteiger charge is 2.14. The molecule has 0 radical (unpaired) electrons. The molecule has 0 unspecified atom stereocenters. The zero-order chi connectivity index (χ0) is 18.0. The molecule has 0 fully saturated rings. The van der Waals surface area contributed by atoms with Crippen molar-refractivity contribution < 1.29 is 14.0 Å². The molecule has 2 aromatic carbocycles. The number of aryl methyl sites for hydroxylation is 2. The average molecular weight is 328 g/mol. The smallest absolute Gasteiger partial charge is 0.251 e. The summed E-state index contributed by atoms with van der Waals surface area (Å²) in [6, 6.07) is 6.19. The minimum absolute atomic E-state index is 0.0307. The van der Waals surface area contributed by atoms with Crippen LogP contribution >= 0.6 is 0 Å². The Bertz CT molecular complexity index is 829. The van der Waals surface area contributed by atoms with Crippen molar-refractivity contribution in [1.29, 1.82) is 0 Å². The maximum absolute atomic E-state index is 13.8. The van der Waals surface area contributed by atoms with Crippen molar-refractivity contribution in [3.8, 4) is 0 Å². The monoisotopic (exact) mass is 328 g/mol. The van der Waals surface area contributed by atoms with E-state index in [1.807, 2.05) is 26.8 Å². The van der Waals surface area contributed by atoms with E-state index in [1.165, 1.54) is 12.1 Å². The molecule has 24 heavy (non-hydrogen) atoms. The zero-order valence-corrected chi connectivity index (χ0v) is 14.3. The number of rotatable bonds is 5. The van der Waals surface area contributed by atoms with Gasteiger partial charge in [0.2, 0.25) is 0 Å². The van der Waals surface area contributed by atoms with Crippen molar-refractivity contribution in [3.63, 3.8) is 0 Å². The first-order chi connectivity index (χ1) is 11.2. The van der Waals surface area contributed by atoms with Gasteiger partial charge < -0.3 is 11.1 Å². The summed E-state index contributed by atoms with van der Waals surface area (Å²) in [6.07, 6.45) is 0. The lowest BCUT2D eigenvalue weighted by Crippen LogP contribution is -2.13. The summed E-state index contributed by atoms with van der Waals surface area (Å²) in [5.41, 5.74) is 10.2. The Hall–Kier alpha value is -2.69. The third-order valence-corrected chi connectivity index (χ3v) is 4.19. The predicted molar refractivity (Wildman–Crippen MR) is 92.9 cm³/mol. The molecular formula is C19H21FN2O2. The molecule has 0 bridgehead atoms. The van der Waals surface area contributed by atoms with Gasteiger partial charge in [-0.1, -0.05) is 6.07 Å². The Balaban J connectivity index is 2.30. The number of benzene rings is 2. The second-order valence-corrected chi connectivity index (χ2v) is 5.96. The molecule has 0 aliphatic carbocycles. The number of primary amides is 1. The number of nitrogens with two attached hydrogens (primary N) is 1. The van der Waals surface area contributed by atoms with Crippen LogP contribution in [0.1, 0.15) is 49.9 Å². The molecule has 0 heterocycles. The summed E-state index contributed by atoms with van der Waals surface area (Å²) in [4.78, 5) is 22.9. The molecule has 3 N–H and O–H groups in total. The van der Waals surface area contributed by atoms with Gasteiger partial charge in [0.25, 0.3) is 5.91 Å². The van der Waals surface area contributed by atoms with Crippen LogP contribution in [0.2, 0.25) is 0 Å². The molecule has 2 rings (SSSR count). The average Bonchev–Trinajstić information content (AvgIpc) is 2.45. The molecule has 2 aromatic rings. The van der Waals surface area contributed by atoms with E-state index in [2.05, 4.69) is 5.32 Å². The molecular weight excluding hydrogens is 307 g/mol. The van der Waals surface area contributed by atoms with E-state index in [-0.39, 0.29) is 11.3 Å². The highest BCUT2D eigenvalue weighted by molar-refractivity contribution is 5.97. The van der Waals surface area contributed by atoms with Crippen LogP contribution in [0.5, 0.6) is 0 Å². The van der Waals surface area contributed by atoms with Crippen LogP contribution in [-0.4, -0.2) is 11.7 Å². The fourth-order valence-corrected chi connectivity index (χ4v) is 3.06. The Morgan fingerprint density at radius 1 is 1.12 bits per heavy atom. The van der Waals surface area contributed by atoms with Gasteiger partial charge in [-0.3, -0.25) is 9.59 Å². The summed E-state index contributed by atoms with van der Waals surface area (Å²) in [7, 11) is 0. The Kier molecular flexibility index (Phi) is 5.02. The first kappa shape index (κ1) is 17.7. The van der Waals surface area contributed by atoms with Gasteiger partial charge in [0.1, 0.15) is 5.82 Å². The fourth-order valence-electron chi connectivity index (χ4n) is 3.06. The lowest BCUT2D eigenvalue weighted by molar-refractivity contribution is 0.0992. The highest BCUT2D eigenvalue weighted by atomic mass is 19.1. The third-order valence-electron chi connectivity index (χ3n) is 4.19. The van der Waals surface area contributed by atoms with Crippen molar-refractivity contribution in [2.45, 2.75) is 34.2 Å². The summed E-state index contributed by atoms with van der Waals surface area (Å²) >= 11 is 0. The quantitative estimate of drug-likeness (QED) is 0.823. The van der Waals surface area contributed by atoms with Gasteiger partial charge in [-0.2, -0.15) is 0 Å². The fraction of sp³-hybridized carbons (Fsp3) is 0.263. The van der Waals surface area contributed by atoms with E-state index >= 15 is 0 Å². The topological polar surface area (TPSA) is 72.2 Å². The standard InChI is InChI=1S/C19H21FN2O2/c1-10-7-11(2)18(13(4)23)12(3)16(10)9-22-14-5-6-15(19(21)24)17(20)8-14/h5-8,22H,9H2,1-4H3,(H2,21,24). The summed E-state index contributed by atoms with van der Waals surface area (Å²) in [6.45, 7) is 7.83. The number of anilines is 1. The summed E-state index contributed by atoms with van der Waals surface area (Å²) in [5, 5.41) is 3.13. The molecule has 126 valence electrons. The molecule has 0 atom stereocenters. The Morgan fingerprint density at radius 3 is 2.33 bits per heavy atom. The van der Waals surface area contributed by atoms with E-state index in [0.29, 0.717) is 12.2 Å². The molecule has 0 aliphatic rings. The number of carbonyl (C=O) groups excluding carboxylic acids is 2. The van der Waals surface area contributed by atoms with Gasteiger partial charge in [-0.05, 0) is 68.1 Å². The van der Waals surface area contributed by atoms with E-state index in [9.17, 15) is 14.0 Å². The van der Waals surface area contributed by atoms with Gasteiger partial charge in [0.15, 0.2) is 5.78 Å². The second-order valence-electron chi connectivity index (χ2n) is 5.96.